The number of ether oxygens (including phenoxy) is 2. The average molecular weight is 909 g/mol. The highest BCUT2D eigenvalue weighted by Gasteiger charge is 2.40. The summed E-state index contributed by atoms with van der Waals surface area (Å²) in [6, 6.07) is 21.2. The van der Waals surface area contributed by atoms with E-state index in [1.54, 1.807) is 6.07 Å². The van der Waals surface area contributed by atoms with Crippen LogP contribution in [0, 0.1) is 23.7 Å². The minimum atomic E-state index is -2.23. The zero-order chi connectivity index (χ0) is 46.1. The van der Waals surface area contributed by atoms with E-state index < -0.39 is 59.7 Å². The summed E-state index contributed by atoms with van der Waals surface area (Å²) in [5, 5.41) is 17.3. The smallest absolute Gasteiger partial charge is 0.341 e. The van der Waals surface area contributed by atoms with Crippen LogP contribution >= 0.6 is 23.2 Å². The summed E-state index contributed by atoms with van der Waals surface area (Å²) in [5.74, 6) is -4.93. The van der Waals surface area contributed by atoms with E-state index in [0.29, 0.717) is 45.6 Å². The molecule has 4 rings (SSSR count). The number of Topliss-reactive ketones (excluding diaryl/α,β-unsaturated/α-hetero) is 3. The topological polar surface area (TPSA) is 168 Å². The summed E-state index contributed by atoms with van der Waals surface area (Å²) >= 11 is 12.3. The van der Waals surface area contributed by atoms with Crippen molar-refractivity contribution in [1.29, 1.82) is 0 Å². The number of aliphatic hydroxyl groups is 1. The highest BCUT2D eigenvalue weighted by atomic mass is 35.5. The summed E-state index contributed by atoms with van der Waals surface area (Å²) in [4.78, 5) is 85.3. The number of esters is 1. The zero-order valence-corrected chi connectivity index (χ0v) is 38.6. The number of benzene rings is 3. The van der Waals surface area contributed by atoms with Crippen LogP contribution < -0.4 is 10.6 Å². The highest BCUT2D eigenvalue weighted by Crippen LogP contribution is 2.26. The van der Waals surface area contributed by atoms with E-state index in [2.05, 4.69) is 10.6 Å². The number of rotatable bonds is 25. The third-order valence-electron chi connectivity index (χ3n) is 11.1. The Hall–Kier alpha value is -4.46. The molecule has 0 saturated carbocycles. The predicted molar refractivity (Wildman–Crippen MR) is 244 cm³/mol. The average Bonchev–Trinajstić information content (AvgIpc) is 3.24. The van der Waals surface area contributed by atoms with Crippen molar-refractivity contribution in [3.05, 3.63) is 106 Å². The molecule has 0 radical (unpaired) electrons. The van der Waals surface area contributed by atoms with Gasteiger partial charge in [0.25, 0.3) is 0 Å². The van der Waals surface area contributed by atoms with Crippen LogP contribution in [0.3, 0.4) is 0 Å². The lowest BCUT2D eigenvalue weighted by Gasteiger charge is -2.30. The van der Waals surface area contributed by atoms with E-state index in [9.17, 15) is 33.9 Å². The van der Waals surface area contributed by atoms with Crippen molar-refractivity contribution in [3.63, 3.8) is 0 Å². The van der Waals surface area contributed by atoms with Gasteiger partial charge in [0, 0.05) is 37.8 Å². The lowest BCUT2D eigenvalue weighted by Crippen LogP contribution is -2.54. The van der Waals surface area contributed by atoms with Gasteiger partial charge in [0.05, 0.1) is 47.5 Å². The van der Waals surface area contributed by atoms with E-state index in [1.165, 1.54) is 19.1 Å². The van der Waals surface area contributed by atoms with Crippen LogP contribution in [0.4, 0.5) is 0 Å². The Balaban J connectivity index is 1.54. The Bertz CT molecular complexity index is 1970. The van der Waals surface area contributed by atoms with E-state index in [1.807, 2.05) is 93.3 Å². The maximum Gasteiger partial charge on any atom is 0.341 e. The number of carbonyl (C=O) groups excluding carboxylic acids is 6. The first-order valence-corrected chi connectivity index (χ1v) is 22.6. The van der Waals surface area contributed by atoms with Crippen LogP contribution in [0.5, 0.6) is 0 Å². The van der Waals surface area contributed by atoms with Crippen molar-refractivity contribution in [2.45, 2.75) is 97.2 Å². The number of hydrogen-bond donors (Lipinski definition) is 3. The largest absolute Gasteiger partial charge is 0.458 e. The van der Waals surface area contributed by atoms with Gasteiger partial charge in [-0.1, -0.05) is 118 Å². The molecule has 3 aromatic rings. The van der Waals surface area contributed by atoms with E-state index >= 15 is 0 Å². The van der Waals surface area contributed by atoms with Gasteiger partial charge in [0.2, 0.25) is 11.8 Å². The van der Waals surface area contributed by atoms with Gasteiger partial charge >= 0.3 is 5.97 Å². The second-order valence-electron chi connectivity index (χ2n) is 17.6. The second kappa shape index (κ2) is 25.1. The van der Waals surface area contributed by atoms with Crippen molar-refractivity contribution < 1.29 is 43.3 Å². The van der Waals surface area contributed by atoms with Crippen molar-refractivity contribution in [1.82, 2.24) is 15.5 Å². The molecule has 0 aliphatic carbocycles. The second-order valence-corrected chi connectivity index (χ2v) is 18.4. The molecule has 0 unspecified atom stereocenters. The molecule has 3 aromatic carbocycles. The first-order valence-electron chi connectivity index (χ1n) is 21.8. The lowest BCUT2D eigenvalue weighted by molar-refractivity contribution is -0.145. The van der Waals surface area contributed by atoms with Gasteiger partial charge in [-0.3, -0.25) is 28.9 Å². The molecule has 1 fully saturated rings. The molecule has 5 atom stereocenters. The molecule has 12 nitrogen and oxygen atoms in total. The Morgan fingerprint density at radius 3 is 1.87 bits per heavy atom. The number of carbonyl (C=O) groups is 6. The molecule has 1 saturated heterocycles. The maximum absolute atomic E-state index is 14.4. The van der Waals surface area contributed by atoms with Crippen LogP contribution in [0.25, 0.3) is 0 Å². The van der Waals surface area contributed by atoms with Crippen molar-refractivity contribution in [2.24, 2.45) is 23.7 Å². The summed E-state index contributed by atoms with van der Waals surface area (Å²) in [6.45, 7) is 10.6. The molecule has 2 amide bonds. The summed E-state index contributed by atoms with van der Waals surface area (Å²) < 4.78 is 10.8. The number of ketones is 3. The fourth-order valence-corrected chi connectivity index (χ4v) is 8.19. The van der Waals surface area contributed by atoms with Gasteiger partial charge < -0.3 is 25.2 Å². The van der Waals surface area contributed by atoms with Gasteiger partial charge in [-0.15, -0.1) is 0 Å². The number of morpholine rings is 1. The molecule has 1 aliphatic rings. The summed E-state index contributed by atoms with van der Waals surface area (Å²) in [6.07, 6.45) is 1.29. The molecule has 0 bridgehead atoms. The molecule has 14 heteroatoms. The number of amides is 2. The summed E-state index contributed by atoms with van der Waals surface area (Å²) in [5.41, 5.74) is -0.539. The van der Waals surface area contributed by atoms with Crippen LogP contribution in [0.1, 0.15) is 88.2 Å². The fraction of sp³-hybridized carbons (Fsp3) is 0.510. The molecular weight excluding hydrogens is 845 g/mol. The summed E-state index contributed by atoms with van der Waals surface area (Å²) in [7, 11) is 0. The van der Waals surface area contributed by atoms with Crippen LogP contribution in [0.15, 0.2) is 78.9 Å². The fourth-order valence-electron chi connectivity index (χ4n) is 7.64. The minimum Gasteiger partial charge on any atom is -0.458 e. The van der Waals surface area contributed by atoms with Gasteiger partial charge in [0.15, 0.2) is 17.2 Å². The molecule has 0 aromatic heterocycles. The van der Waals surface area contributed by atoms with Crippen molar-refractivity contribution in [2.75, 3.05) is 39.5 Å². The van der Waals surface area contributed by atoms with E-state index in [0.717, 1.165) is 11.1 Å². The van der Waals surface area contributed by atoms with E-state index in [-0.39, 0.29) is 71.2 Å². The molecule has 1 aliphatic heterocycles. The Kier molecular flexibility index (Phi) is 20.4. The normalized spacial score (nSPS) is 16.0. The quantitative estimate of drug-likeness (QED) is 0.0762. The van der Waals surface area contributed by atoms with Crippen LogP contribution in [-0.4, -0.2) is 102 Å². The molecule has 1 heterocycles. The maximum atomic E-state index is 14.4. The number of aryl methyl sites for hydroxylation is 1. The SMILES string of the molecule is CC(C)C[C@H](NC(=O)[C@H](CCc1ccccc1)CC(=O)CN1CCOCC1)C(=O)C[C@@H](Cc1ccccc1)C(=O)N[C@@H](CC(C)C)C(=O)[C@](C)(O)COC(=O)c1c(Cl)cccc1Cl. The number of nitrogens with one attached hydrogen (secondary N) is 2. The number of halogens is 2. The van der Waals surface area contributed by atoms with Gasteiger partial charge in [-0.2, -0.15) is 0 Å². The molecular formula is C49H63Cl2N3O9. The lowest BCUT2D eigenvalue weighted by atomic mass is 9.86. The van der Waals surface area contributed by atoms with Crippen molar-refractivity contribution >= 4 is 58.3 Å². The molecule has 63 heavy (non-hydrogen) atoms. The third-order valence-corrected chi connectivity index (χ3v) is 11.7. The van der Waals surface area contributed by atoms with Gasteiger partial charge in [-0.05, 0) is 74.1 Å². The molecule has 3 N–H and O–H groups in total. The zero-order valence-electron chi connectivity index (χ0n) is 37.1. The van der Waals surface area contributed by atoms with Gasteiger partial charge in [0.1, 0.15) is 12.4 Å². The molecule has 0 spiro atoms. The predicted octanol–water partition coefficient (Wildman–Crippen LogP) is 6.89. The van der Waals surface area contributed by atoms with E-state index in [4.69, 9.17) is 32.7 Å². The Labute approximate surface area is 381 Å². The first kappa shape index (κ1) is 51.2. The number of hydrogen-bond acceptors (Lipinski definition) is 10. The monoisotopic (exact) mass is 907 g/mol. The Morgan fingerprint density at radius 1 is 0.746 bits per heavy atom. The molecule has 342 valence electrons. The third kappa shape index (κ3) is 16.9. The minimum absolute atomic E-state index is 0.00955. The van der Waals surface area contributed by atoms with Crippen LogP contribution in [-0.2, 0) is 46.3 Å². The standard InChI is InChI=1S/C49H63Cl2N3O9/c1-32(2)25-41(52-46(58)36(20-19-34-13-8-6-9-14-34)28-38(55)30-54-21-23-62-24-22-54)43(56)29-37(27-35-15-10-7-11-16-35)47(59)53-42(26-33(3)4)45(57)49(5,61)31-63-48(60)44-39(50)17-12-18-40(44)51/h6-18,32-33,36-37,41-42,61H,19-31H2,1-5H3,(H,52,58)(H,53,59)/t36-,37-,41+,42+,49-/m1/s1. The number of nitrogens with zero attached hydrogens (tertiary/aromatic N) is 1. The Morgan fingerprint density at radius 2 is 1.29 bits per heavy atom. The van der Waals surface area contributed by atoms with Crippen molar-refractivity contribution in [3.8, 4) is 0 Å². The first-order chi connectivity index (χ1) is 29.9. The van der Waals surface area contributed by atoms with Gasteiger partial charge in [-0.25, -0.2) is 4.79 Å². The highest BCUT2D eigenvalue weighted by molar-refractivity contribution is 6.39. The van der Waals surface area contributed by atoms with Crippen LogP contribution in [0.2, 0.25) is 10.0 Å².